The molecule has 0 amide bonds. The van der Waals surface area contributed by atoms with Gasteiger partial charge in [-0.15, -0.1) is 0 Å². The molecule has 2 N–H and O–H groups in total. The Bertz CT molecular complexity index is 1400. The summed E-state index contributed by atoms with van der Waals surface area (Å²) < 4.78 is 23.8. The number of hydrogen-bond acceptors (Lipinski definition) is 8. The molecule has 0 fully saturated rings. The van der Waals surface area contributed by atoms with Gasteiger partial charge in [0.2, 0.25) is 11.5 Å². The van der Waals surface area contributed by atoms with Crippen LogP contribution in [-0.4, -0.2) is 48.3 Å². The molecular weight excluding hydrogens is 782 g/mol. The van der Waals surface area contributed by atoms with Crippen LogP contribution in [0.15, 0.2) is 11.6 Å². The zero-order chi connectivity index (χ0) is 37.1. The van der Waals surface area contributed by atoms with Crippen molar-refractivity contribution in [2.24, 2.45) is 27.6 Å². The van der Waals surface area contributed by atoms with Gasteiger partial charge < -0.3 is 29.2 Å². The average Bonchev–Trinajstić information content (AvgIpc) is 2.87. The van der Waals surface area contributed by atoms with Crippen LogP contribution in [0, 0.1) is 34.5 Å². The van der Waals surface area contributed by atoms with Crippen molar-refractivity contribution in [3.63, 3.8) is 0 Å². The van der Waals surface area contributed by atoms with Crippen molar-refractivity contribution < 1.29 is 114 Å². The first-order valence-electron chi connectivity index (χ1n) is 16.0. The van der Waals surface area contributed by atoms with Crippen LogP contribution in [0.2, 0.25) is 0 Å². The van der Waals surface area contributed by atoms with Crippen molar-refractivity contribution in [3.8, 4) is 23.0 Å². The average molecular weight is 841 g/mol. The Balaban J connectivity index is 0. The number of carbonyl (C=O) groups excluding carboxylic acids is 2. The number of esters is 2. The van der Waals surface area contributed by atoms with Gasteiger partial charge in [-0.05, 0) is 94.4 Å². The van der Waals surface area contributed by atoms with Crippen LogP contribution in [0.25, 0.3) is 0 Å². The maximum atomic E-state index is 13.9. The molecule has 0 aromatic heterocycles. The summed E-state index contributed by atoms with van der Waals surface area (Å²) in [7, 11) is 2.75. The molecule has 0 saturated heterocycles. The number of carbonyl (C=O) groups is 4. The Morgan fingerprint density at radius 3 is 1.33 bits per heavy atom. The molecule has 1 aromatic rings. The van der Waals surface area contributed by atoms with Crippen LogP contribution in [-0.2, 0) is 90.0 Å². The molecule has 0 bridgehead atoms. The predicted molar refractivity (Wildman–Crippen MR) is 181 cm³/mol. The largest absolute Gasteiger partial charge is 0.490 e. The third kappa shape index (κ3) is 12.7. The standard InChI is InChI=1S/C37H58O10.2Y/c1-21(2)17-22(3)18-33(5,6)24-23(4)25(46-31(42)36(11,12)19-34(7,8)29(38)39)27(44-15)28(45-16)26(24)47-32(43)37(13,14)20-35(9,10)30(40)41;;/h18,21H,17,19-20H2,1-16H3,(H,38,39)(H,40,41);;/b22-18+;;. The number of carboxylic acids is 2. The second kappa shape index (κ2) is 18.4. The smallest absolute Gasteiger partial charge is 0.317 e. The Labute approximate surface area is 344 Å². The molecule has 0 aliphatic rings. The number of benzene rings is 1. The van der Waals surface area contributed by atoms with Gasteiger partial charge in [0, 0.05) is 82.0 Å². The van der Waals surface area contributed by atoms with Gasteiger partial charge in [-0.1, -0.05) is 39.3 Å². The van der Waals surface area contributed by atoms with Crippen molar-refractivity contribution in [3.05, 3.63) is 22.8 Å². The predicted octanol–water partition coefficient (Wildman–Crippen LogP) is 8.14. The molecule has 10 nitrogen and oxygen atoms in total. The molecule has 272 valence electrons. The Kier molecular flexibility index (Phi) is 18.7. The Morgan fingerprint density at radius 1 is 0.653 bits per heavy atom. The summed E-state index contributed by atoms with van der Waals surface area (Å²) >= 11 is 0. The molecule has 0 saturated carbocycles. The van der Waals surface area contributed by atoms with Crippen LogP contribution in [0.1, 0.15) is 120 Å². The molecule has 0 atom stereocenters. The van der Waals surface area contributed by atoms with Crippen LogP contribution in [0.5, 0.6) is 23.0 Å². The number of methoxy groups -OCH3 is 2. The van der Waals surface area contributed by atoms with Gasteiger partial charge >= 0.3 is 23.9 Å². The minimum atomic E-state index is -1.22. The summed E-state index contributed by atoms with van der Waals surface area (Å²) in [6.45, 7) is 24.6. The van der Waals surface area contributed by atoms with E-state index in [1.54, 1.807) is 62.3 Å². The zero-order valence-corrected chi connectivity index (χ0v) is 38.3. The molecule has 0 aliphatic heterocycles. The van der Waals surface area contributed by atoms with Crippen molar-refractivity contribution in [1.82, 2.24) is 0 Å². The Morgan fingerprint density at radius 2 is 1.00 bits per heavy atom. The van der Waals surface area contributed by atoms with Crippen molar-refractivity contribution in [1.29, 1.82) is 0 Å². The summed E-state index contributed by atoms with van der Waals surface area (Å²) in [5, 5.41) is 19.5. The zero-order valence-electron chi connectivity index (χ0n) is 32.6. The monoisotopic (exact) mass is 840 g/mol. The number of ether oxygens (including phenoxy) is 4. The minimum Gasteiger partial charge on any atom is -0.490 e. The molecule has 0 spiro atoms. The van der Waals surface area contributed by atoms with Crippen molar-refractivity contribution in [2.45, 2.75) is 122 Å². The van der Waals surface area contributed by atoms with E-state index in [2.05, 4.69) is 19.9 Å². The van der Waals surface area contributed by atoms with E-state index in [0.29, 0.717) is 17.0 Å². The molecule has 2 radical (unpaired) electrons. The fourth-order valence-corrected chi connectivity index (χ4v) is 6.50. The first-order valence-corrected chi connectivity index (χ1v) is 16.0. The second-order valence-corrected chi connectivity index (χ2v) is 16.3. The molecule has 1 aromatic carbocycles. The molecule has 0 unspecified atom stereocenters. The number of allylic oxidation sites excluding steroid dienone is 2. The summed E-state index contributed by atoms with van der Waals surface area (Å²) in [5.41, 5.74) is -3.58. The number of hydrogen-bond donors (Lipinski definition) is 2. The van der Waals surface area contributed by atoms with Crippen LogP contribution >= 0.6 is 0 Å². The molecule has 1 rings (SSSR count). The van der Waals surface area contributed by atoms with E-state index >= 15 is 0 Å². The van der Waals surface area contributed by atoms with E-state index < -0.39 is 51.0 Å². The third-order valence-corrected chi connectivity index (χ3v) is 8.37. The van der Waals surface area contributed by atoms with Gasteiger partial charge in [0.05, 0.1) is 35.9 Å². The molecule has 0 aliphatic carbocycles. The summed E-state index contributed by atoms with van der Waals surface area (Å²) in [6.07, 6.45) is 2.88. The first-order chi connectivity index (χ1) is 21.1. The Hall–Kier alpha value is -1.35. The third-order valence-electron chi connectivity index (χ3n) is 8.37. The van der Waals surface area contributed by atoms with E-state index in [9.17, 15) is 29.4 Å². The second-order valence-electron chi connectivity index (χ2n) is 16.3. The number of carboxylic acid groups (broad SMARTS) is 2. The normalized spacial score (nSPS) is 12.8. The quantitative estimate of drug-likeness (QED) is 0.0951. The molecule has 0 heterocycles. The maximum absolute atomic E-state index is 13.9. The fraction of sp³-hybridized carbons (Fsp3) is 0.676. The summed E-state index contributed by atoms with van der Waals surface area (Å²) in [5.74, 6) is -2.88. The van der Waals surface area contributed by atoms with Gasteiger partial charge in [0.25, 0.3) is 0 Å². The van der Waals surface area contributed by atoms with Crippen LogP contribution < -0.4 is 18.9 Å². The summed E-state index contributed by atoms with van der Waals surface area (Å²) in [4.78, 5) is 51.4. The SMILES string of the molecule is COc1c(OC(=O)C(C)(C)CC(C)(C)C(=O)O)c(C)c(C(C)(C)/C=C(\C)CC(C)C)c(OC(=O)C(C)(C)CC(C)(C)C(=O)O)c1OC.[Y].[Y]. The van der Waals surface area contributed by atoms with Gasteiger partial charge in [0.15, 0.2) is 11.5 Å². The summed E-state index contributed by atoms with van der Waals surface area (Å²) in [6, 6.07) is 0. The fourth-order valence-electron chi connectivity index (χ4n) is 6.50. The van der Waals surface area contributed by atoms with Gasteiger partial charge in [-0.25, -0.2) is 0 Å². The first kappa shape index (κ1) is 49.8. The topological polar surface area (TPSA) is 146 Å². The van der Waals surface area contributed by atoms with Gasteiger partial charge in [-0.3, -0.25) is 19.2 Å². The van der Waals surface area contributed by atoms with E-state index in [1.807, 2.05) is 20.8 Å². The van der Waals surface area contributed by atoms with E-state index in [-0.39, 0.29) is 101 Å². The maximum Gasteiger partial charge on any atom is 0.317 e. The van der Waals surface area contributed by atoms with E-state index in [1.165, 1.54) is 14.2 Å². The number of aliphatic carboxylic acids is 2. The minimum absolute atomic E-state index is 0. The van der Waals surface area contributed by atoms with Gasteiger partial charge in [0.1, 0.15) is 0 Å². The van der Waals surface area contributed by atoms with E-state index in [0.717, 1.165) is 12.0 Å². The van der Waals surface area contributed by atoms with Crippen LogP contribution in [0.3, 0.4) is 0 Å². The van der Waals surface area contributed by atoms with Gasteiger partial charge in [-0.2, -0.15) is 0 Å². The molecule has 12 heteroatoms. The van der Waals surface area contributed by atoms with Crippen molar-refractivity contribution >= 4 is 23.9 Å². The molecule has 49 heavy (non-hydrogen) atoms. The number of rotatable bonds is 16. The van der Waals surface area contributed by atoms with Crippen molar-refractivity contribution in [2.75, 3.05) is 14.2 Å². The van der Waals surface area contributed by atoms with E-state index in [4.69, 9.17) is 18.9 Å². The molecular formula is C37H58O10Y2. The van der Waals surface area contributed by atoms with Crippen LogP contribution in [0.4, 0.5) is 0 Å².